The molecule has 0 spiro atoms. The number of benzene rings is 4. The Hall–Kier alpha value is -4.54. The van der Waals surface area contributed by atoms with Gasteiger partial charge in [-0.3, -0.25) is 0 Å². The molecule has 232 valence electrons. The molecule has 0 saturated heterocycles. The highest BCUT2D eigenvalue weighted by molar-refractivity contribution is 5.73. The van der Waals surface area contributed by atoms with Crippen LogP contribution in [-0.2, 0) is 10.8 Å². The molecule has 4 aliphatic rings. The van der Waals surface area contributed by atoms with Crippen LogP contribution in [-0.4, -0.2) is 0 Å². The monoisotopic (exact) mass is 606 g/mol. The number of hydrogen-bond acceptors (Lipinski definition) is 4. The second-order valence-corrected chi connectivity index (χ2v) is 14.7. The highest BCUT2D eigenvalue weighted by Crippen LogP contribution is 2.76. The number of hydrogen-bond donors (Lipinski definition) is 0. The molecule has 0 N–H and O–H groups in total. The molecule has 4 bridgehead atoms. The van der Waals surface area contributed by atoms with Gasteiger partial charge in [0.1, 0.15) is 11.5 Å². The van der Waals surface area contributed by atoms with E-state index in [1.165, 1.54) is 68.9 Å². The van der Waals surface area contributed by atoms with Crippen LogP contribution in [0.25, 0.3) is 22.3 Å². The molecule has 4 aromatic carbocycles. The molecule has 4 fully saturated rings. The van der Waals surface area contributed by atoms with E-state index in [9.17, 15) is 10.5 Å². The van der Waals surface area contributed by atoms with Gasteiger partial charge in [0, 0.05) is 11.1 Å². The van der Waals surface area contributed by atoms with Crippen molar-refractivity contribution in [3.05, 3.63) is 108 Å². The Morgan fingerprint density at radius 3 is 1.33 bits per heavy atom. The summed E-state index contributed by atoms with van der Waals surface area (Å²) < 4.78 is 11.1. The van der Waals surface area contributed by atoms with E-state index >= 15 is 0 Å². The van der Waals surface area contributed by atoms with Gasteiger partial charge in [-0.05, 0) is 120 Å². The standard InChI is InChI=1S/C42H42N2O2/c1-3-19-39-23-40(20-4-2)26-41(24-39,33-15-17-37(45-29-43)35(21-33)31-11-7-5-8-12-31)28-42(25-39,27-40)34-16-18-38(46-30-44)36(22-34)32-13-9-6-10-14-32/h5-18,21-22H,3-4,19-20,23-28H2,1-2H3. The first kappa shape index (κ1) is 30.1. The van der Waals surface area contributed by atoms with Gasteiger partial charge in [0.25, 0.3) is 12.5 Å². The van der Waals surface area contributed by atoms with Crippen molar-refractivity contribution in [3.8, 4) is 46.3 Å². The van der Waals surface area contributed by atoms with Crippen LogP contribution in [0.1, 0.15) is 89.2 Å². The van der Waals surface area contributed by atoms with Gasteiger partial charge in [-0.15, -0.1) is 10.5 Å². The quantitative estimate of drug-likeness (QED) is 0.168. The maximum Gasteiger partial charge on any atom is 0.292 e. The lowest BCUT2D eigenvalue weighted by Gasteiger charge is -2.71. The molecule has 0 amide bonds. The lowest BCUT2D eigenvalue weighted by atomic mass is 9.32. The molecule has 4 aliphatic carbocycles. The Morgan fingerprint density at radius 1 is 0.543 bits per heavy atom. The van der Waals surface area contributed by atoms with Crippen molar-refractivity contribution >= 4 is 0 Å². The van der Waals surface area contributed by atoms with E-state index in [-0.39, 0.29) is 21.7 Å². The normalized spacial score (nSPS) is 27.5. The Balaban J connectivity index is 1.43. The van der Waals surface area contributed by atoms with Crippen LogP contribution in [0, 0.1) is 33.9 Å². The molecule has 0 aliphatic heterocycles. The third kappa shape index (κ3) is 5.05. The SMILES string of the molecule is CCCC12CC3(CCC)CC(c4ccc(OC#N)c(-c5ccccc5)c4)(C1)CC(c1ccc(OC#N)c(-c4ccccc4)c1)(C2)C3. The van der Waals surface area contributed by atoms with E-state index in [1.54, 1.807) is 0 Å². The molecule has 46 heavy (non-hydrogen) atoms. The third-order valence-electron chi connectivity index (χ3n) is 11.5. The molecule has 4 saturated carbocycles. The summed E-state index contributed by atoms with van der Waals surface area (Å²) in [6, 6.07) is 34.0. The van der Waals surface area contributed by atoms with Crippen molar-refractivity contribution in [3.63, 3.8) is 0 Å². The minimum atomic E-state index is 0.0164. The van der Waals surface area contributed by atoms with Gasteiger partial charge in [-0.1, -0.05) is 99.5 Å². The van der Waals surface area contributed by atoms with Crippen molar-refractivity contribution < 1.29 is 9.47 Å². The van der Waals surface area contributed by atoms with E-state index in [0.29, 0.717) is 11.5 Å². The first-order valence-corrected chi connectivity index (χ1v) is 16.9. The summed E-state index contributed by atoms with van der Waals surface area (Å²) in [5.74, 6) is 1.23. The fraction of sp³-hybridized carbons (Fsp3) is 0.381. The minimum absolute atomic E-state index is 0.0164. The average molecular weight is 607 g/mol. The molecule has 0 radical (unpaired) electrons. The lowest BCUT2D eigenvalue weighted by Crippen LogP contribution is -2.64. The molecular weight excluding hydrogens is 564 g/mol. The molecule has 0 heterocycles. The first-order valence-electron chi connectivity index (χ1n) is 16.9. The second-order valence-electron chi connectivity index (χ2n) is 14.7. The Labute approximate surface area is 273 Å². The zero-order valence-corrected chi connectivity index (χ0v) is 27.0. The zero-order chi connectivity index (χ0) is 31.8. The number of ether oxygens (including phenoxy) is 2. The van der Waals surface area contributed by atoms with Gasteiger partial charge in [0.2, 0.25) is 0 Å². The minimum Gasteiger partial charge on any atom is -0.387 e. The summed E-state index contributed by atoms with van der Waals surface area (Å²) in [5.41, 5.74) is 7.45. The molecule has 4 nitrogen and oxygen atoms in total. The maximum absolute atomic E-state index is 9.50. The summed E-state index contributed by atoms with van der Waals surface area (Å²) in [6.45, 7) is 4.71. The van der Waals surface area contributed by atoms with Crippen molar-refractivity contribution in [2.75, 3.05) is 0 Å². The largest absolute Gasteiger partial charge is 0.387 e. The summed E-state index contributed by atoms with van der Waals surface area (Å²) in [4.78, 5) is 0. The zero-order valence-electron chi connectivity index (χ0n) is 27.0. The molecule has 0 aromatic heterocycles. The van der Waals surface area contributed by atoms with Crippen LogP contribution in [0.2, 0.25) is 0 Å². The maximum atomic E-state index is 9.50. The van der Waals surface area contributed by atoms with E-state index in [2.05, 4.69) is 62.4 Å². The fourth-order valence-corrected chi connectivity index (χ4v) is 11.0. The summed E-state index contributed by atoms with van der Waals surface area (Å²) in [7, 11) is 0. The van der Waals surface area contributed by atoms with E-state index < -0.39 is 0 Å². The van der Waals surface area contributed by atoms with Gasteiger partial charge >= 0.3 is 0 Å². The van der Waals surface area contributed by atoms with Crippen molar-refractivity contribution in [2.45, 2.75) is 88.9 Å². The molecule has 8 rings (SSSR count). The van der Waals surface area contributed by atoms with Gasteiger partial charge < -0.3 is 9.47 Å². The summed E-state index contributed by atoms with van der Waals surface area (Å²) in [6.07, 6.45) is 15.9. The second kappa shape index (κ2) is 11.7. The molecule has 0 unspecified atom stereocenters. The third-order valence-corrected chi connectivity index (χ3v) is 11.5. The summed E-state index contributed by atoms with van der Waals surface area (Å²) >= 11 is 0. The van der Waals surface area contributed by atoms with Crippen LogP contribution in [0.15, 0.2) is 97.1 Å². The fourth-order valence-electron chi connectivity index (χ4n) is 11.0. The number of nitriles is 2. The van der Waals surface area contributed by atoms with Crippen LogP contribution >= 0.6 is 0 Å². The smallest absolute Gasteiger partial charge is 0.292 e. The van der Waals surface area contributed by atoms with Crippen molar-refractivity contribution in [1.29, 1.82) is 10.5 Å². The molecule has 4 heteroatoms. The molecule has 4 aromatic rings. The van der Waals surface area contributed by atoms with Crippen LogP contribution < -0.4 is 9.47 Å². The van der Waals surface area contributed by atoms with E-state index in [4.69, 9.17) is 9.47 Å². The highest BCUT2D eigenvalue weighted by atomic mass is 16.5. The lowest BCUT2D eigenvalue weighted by molar-refractivity contribution is -0.148. The molecular formula is C42H42N2O2. The summed E-state index contributed by atoms with van der Waals surface area (Å²) in [5, 5.41) is 19.0. The van der Waals surface area contributed by atoms with Crippen LogP contribution in [0.3, 0.4) is 0 Å². The van der Waals surface area contributed by atoms with E-state index in [0.717, 1.165) is 28.7 Å². The van der Waals surface area contributed by atoms with Gasteiger partial charge in [0.05, 0.1) is 0 Å². The van der Waals surface area contributed by atoms with Crippen LogP contribution in [0.5, 0.6) is 11.5 Å². The van der Waals surface area contributed by atoms with Crippen molar-refractivity contribution in [2.24, 2.45) is 10.8 Å². The topological polar surface area (TPSA) is 66.0 Å². The Morgan fingerprint density at radius 2 is 0.957 bits per heavy atom. The van der Waals surface area contributed by atoms with Gasteiger partial charge in [-0.2, -0.15) is 0 Å². The Kier molecular flexibility index (Phi) is 7.65. The Bertz CT molecular complexity index is 1670. The van der Waals surface area contributed by atoms with Gasteiger partial charge in [0.15, 0.2) is 0 Å². The number of rotatable bonds is 10. The average Bonchev–Trinajstić information content (AvgIpc) is 3.05. The van der Waals surface area contributed by atoms with Gasteiger partial charge in [-0.25, -0.2) is 0 Å². The predicted octanol–water partition coefficient (Wildman–Crippen LogP) is 10.9. The molecule has 0 atom stereocenters. The highest BCUT2D eigenvalue weighted by Gasteiger charge is 2.68. The number of nitrogens with zero attached hydrogens (tertiary/aromatic N) is 2. The van der Waals surface area contributed by atoms with Crippen molar-refractivity contribution in [1.82, 2.24) is 0 Å². The van der Waals surface area contributed by atoms with E-state index in [1.807, 2.05) is 61.0 Å². The first-order chi connectivity index (χ1) is 22.4. The predicted molar refractivity (Wildman–Crippen MR) is 182 cm³/mol. The van der Waals surface area contributed by atoms with Crippen LogP contribution in [0.4, 0.5) is 0 Å².